The summed E-state index contributed by atoms with van der Waals surface area (Å²) in [4.78, 5) is 26.9. The maximum absolute atomic E-state index is 12.8. The largest absolute Gasteiger partial charge is 0.274 e. The summed E-state index contributed by atoms with van der Waals surface area (Å²) < 4.78 is 0. The fourth-order valence-corrected chi connectivity index (χ4v) is 4.22. The SMILES string of the molecule is Cc1ccc(N2C(=O)[C@@H]3[C@@H](C2=O)[C@H]2C=C[C@H]3CC2)cc1Cl. The quantitative estimate of drug-likeness (QED) is 0.589. The number of halogens is 1. The lowest BCUT2D eigenvalue weighted by Gasteiger charge is -2.38. The minimum Gasteiger partial charge on any atom is -0.274 e. The molecule has 0 N–H and O–H groups in total. The van der Waals surface area contributed by atoms with Gasteiger partial charge in [-0.25, -0.2) is 4.90 Å². The van der Waals surface area contributed by atoms with Crippen molar-refractivity contribution in [1.82, 2.24) is 0 Å². The predicted octanol–water partition coefficient (Wildman–Crippen LogP) is 3.35. The minimum atomic E-state index is -0.165. The normalized spacial score (nSPS) is 33.7. The lowest BCUT2D eigenvalue weighted by Crippen LogP contribution is -2.38. The average Bonchev–Trinajstić information content (AvgIpc) is 2.78. The molecule has 1 aromatic carbocycles. The topological polar surface area (TPSA) is 37.4 Å². The first-order chi connectivity index (χ1) is 10.1. The minimum absolute atomic E-state index is 0.0519. The molecule has 0 unspecified atom stereocenters. The van der Waals surface area contributed by atoms with E-state index in [9.17, 15) is 9.59 Å². The van der Waals surface area contributed by atoms with Gasteiger partial charge in [-0.2, -0.15) is 0 Å². The van der Waals surface area contributed by atoms with Crippen molar-refractivity contribution >= 4 is 29.1 Å². The highest BCUT2D eigenvalue weighted by atomic mass is 35.5. The first kappa shape index (κ1) is 13.1. The van der Waals surface area contributed by atoms with Crippen LogP contribution in [0.2, 0.25) is 5.02 Å². The van der Waals surface area contributed by atoms with Gasteiger partial charge in [0.25, 0.3) is 0 Å². The number of anilines is 1. The number of carbonyl (C=O) groups is 2. The van der Waals surface area contributed by atoms with Crippen molar-refractivity contribution in [3.8, 4) is 0 Å². The number of hydrogen-bond acceptors (Lipinski definition) is 2. The molecule has 5 rings (SSSR count). The Balaban J connectivity index is 1.76. The molecule has 1 saturated carbocycles. The zero-order valence-corrected chi connectivity index (χ0v) is 12.5. The average molecular weight is 302 g/mol. The summed E-state index contributed by atoms with van der Waals surface area (Å²) in [7, 11) is 0. The Hall–Kier alpha value is -1.61. The van der Waals surface area contributed by atoms with Crippen LogP contribution in [0, 0.1) is 30.6 Å². The molecule has 1 heterocycles. The molecule has 2 fully saturated rings. The predicted molar refractivity (Wildman–Crippen MR) is 81.0 cm³/mol. The van der Waals surface area contributed by atoms with Crippen LogP contribution in [0.3, 0.4) is 0 Å². The van der Waals surface area contributed by atoms with Crippen molar-refractivity contribution in [3.05, 3.63) is 40.9 Å². The molecule has 4 heteroatoms. The molecule has 1 saturated heterocycles. The summed E-state index contributed by atoms with van der Waals surface area (Å²) in [5.41, 5.74) is 1.55. The van der Waals surface area contributed by atoms with Crippen LogP contribution in [-0.2, 0) is 9.59 Å². The van der Waals surface area contributed by atoms with Crippen LogP contribution >= 0.6 is 11.6 Å². The lowest BCUT2D eigenvalue weighted by atomic mass is 9.63. The third-order valence-corrected chi connectivity index (χ3v) is 5.58. The number of carbonyl (C=O) groups excluding carboxylic acids is 2. The summed E-state index contributed by atoms with van der Waals surface area (Å²) in [6.45, 7) is 1.91. The fraction of sp³-hybridized carbons (Fsp3) is 0.412. The monoisotopic (exact) mass is 301 g/mol. The van der Waals surface area contributed by atoms with Crippen LogP contribution in [0.15, 0.2) is 30.4 Å². The van der Waals surface area contributed by atoms with Gasteiger partial charge < -0.3 is 0 Å². The second-order valence-electron chi connectivity index (χ2n) is 6.29. The van der Waals surface area contributed by atoms with E-state index < -0.39 is 0 Å². The maximum Gasteiger partial charge on any atom is 0.238 e. The van der Waals surface area contributed by atoms with Gasteiger partial charge in [-0.3, -0.25) is 9.59 Å². The molecular weight excluding hydrogens is 286 g/mol. The standard InChI is InChI=1S/C17H16ClNO2/c1-9-2-7-12(8-13(9)18)19-16(20)14-10-3-4-11(6-5-10)15(14)17(19)21/h2-4,7-8,10-11,14-15H,5-6H2,1H3/t10-,11-,14-,15-/m0/s1. The van der Waals surface area contributed by atoms with Gasteiger partial charge in [0.15, 0.2) is 0 Å². The summed E-state index contributed by atoms with van der Waals surface area (Å²) in [6, 6.07) is 5.39. The van der Waals surface area contributed by atoms with Crippen molar-refractivity contribution in [2.24, 2.45) is 23.7 Å². The molecule has 1 aliphatic heterocycles. The van der Waals surface area contributed by atoms with Gasteiger partial charge in [-0.15, -0.1) is 0 Å². The number of nitrogens with zero attached hydrogens (tertiary/aromatic N) is 1. The molecule has 1 aromatic rings. The summed E-state index contributed by atoms with van der Waals surface area (Å²) in [5.74, 6) is 0.0142. The Bertz CT molecular complexity index is 649. The Labute approximate surface area is 128 Å². The molecule has 3 aliphatic carbocycles. The third-order valence-electron chi connectivity index (χ3n) is 5.17. The molecule has 2 bridgehead atoms. The summed E-state index contributed by atoms with van der Waals surface area (Å²) >= 11 is 6.15. The molecule has 0 spiro atoms. The molecule has 4 aliphatic rings. The maximum atomic E-state index is 12.8. The van der Waals surface area contributed by atoms with Crippen molar-refractivity contribution < 1.29 is 9.59 Å². The highest BCUT2D eigenvalue weighted by Gasteiger charge is 2.56. The second-order valence-corrected chi connectivity index (χ2v) is 6.69. The number of aryl methyl sites for hydroxylation is 1. The first-order valence-corrected chi connectivity index (χ1v) is 7.78. The lowest BCUT2D eigenvalue weighted by molar-refractivity contribution is -0.124. The number of allylic oxidation sites excluding steroid dienone is 2. The number of benzene rings is 1. The number of imide groups is 1. The smallest absolute Gasteiger partial charge is 0.238 e. The van der Waals surface area contributed by atoms with Crippen LogP contribution < -0.4 is 4.90 Å². The second kappa shape index (κ2) is 4.44. The number of fused-ring (bicyclic) bond motifs is 1. The van der Waals surface area contributed by atoms with E-state index in [0.29, 0.717) is 10.7 Å². The van der Waals surface area contributed by atoms with E-state index in [4.69, 9.17) is 11.6 Å². The van der Waals surface area contributed by atoms with Crippen LogP contribution in [0.1, 0.15) is 18.4 Å². The van der Waals surface area contributed by atoms with E-state index in [0.717, 1.165) is 18.4 Å². The van der Waals surface area contributed by atoms with E-state index in [2.05, 4.69) is 12.2 Å². The Morgan fingerprint density at radius 2 is 1.62 bits per heavy atom. The molecule has 108 valence electrons. The fourth-order valence-electron chi connectivity index (χ4n) is 4.05. The van der Waals surface area contributed by atoms with E-state index in [1.54, 1.807) is 6.07 Å². The highest BCUT2D eigenvalue weighted by molar-refractivity contribution is 6.32. The summed E-state index contributed by atoms with van der Waals surface area (Å²) in [6.07, 6.45) is 6.30. The molecular formula is C17H16ClNO2. The van der Waals surface area contributed by atoms with Gasteiger partial charge >= 0.3 is 0 Å². The number of rotatable bonds is 1. The summed E-state index contributed by atoms with van der Waals surface area (Å²) in [5, 5.41) is 0.587. The Morgan fingerprint density at radius 1 is 1.05 bits per heavy atom. The first-order valence-electron chi connectivity index (χ1n) is 7.40. The van der Waals surface area contributed by atoms with Crippen molar-refractivity contribution in [2.75, 3.05) is 4.90 Å². The van der Waals surface area contributed by atoms with Gasteiger partial charge in [0.05, 0.1) is 17.5 Å². The van der Waals surface area contributed by atoms with Gasteiger partial charge in [-0.05, 0) is 49.3 Å². The zero-order valence-electron chi connectivity index (χ0n) is 11.8. The van der Waals surface area contributed by atoms with E-state index >= 15 is 0 Å². The Morgan fingerprint density at radius 3 is 2.10 bits per heavy atom. The van der Waals surface area contributed by atoms with Crippen LogP contribution in [0.25, 0.3) is 0 Å². The van der Waals surface area contributed by atoms with Crippen molar-refractivity contribution in [2.45, 2.75) is 19.8 Å². The third kappa shape index (κ3) is 1.73. The van der Waals surface area contributed by atoms with Crippen LogP contribution in [0.5, 0.6) is 0 Å². The van der Waals surface area contributed by atoms with Crippen LogP contribution in [-0.4, -0.2) is 11.8 Å². The number of hydrogen-bond donors (Lipinski definition) is 0. The van der Waals surface area contributed by atoms with E-state index in [-0.39, 0.29) is 35.5 Å². The molecule has 0 radical (unpaired) electrons. The van der Waals surface area contributed by atoms with E-state index in [1.807, 2.05) is 19.1 Å². The van der Waals surface area contributed by atoms with Gasteiger partial charge in [0.2, 0.25) is 11.8 Å². The highest BCUT2D eigenvalue weighted by Crippen LogP contribution is 2.50. The van der Waals surface area contributed by atoms with Crippen molar-refractivity contribution in [1.29, 1.82) is 0 Å². The molecule has 2 amide bonds. The molecule has 21 heavy (non-hydrogen) atoms. The van der Waals surface area contributed by atoms with Crippen molar-refractivity contribution in [3.63, 3.8) is 0 Å². The zero-order chi connectivity index (χ0) is 14.7. The molecule has 3 nitrogen and oxygen atoms in total. The van der Waals surface area contributed by atoms with Crippen LogP contribution in [0.4, 0.5) is 5.69 Å². The van der Waals surface area contributed by atoms with E-state index in [1.165, 1.54) is 4.90 Å². The molecule has 4 atom stereocenters. The van der Waals surface area contributed by atoms with Gasteiger partial charge in [-0.1, -0.05) is 29.8 Å². The Kier molecular flexibility index (Phi) is 2.77. The number of amides is 2. The van der Waals surface area contributed by atoms with Gasteiger partial charge in [0.1, 0.15) is 0 Å². The van der Waals surface area contributed by atoms with Gasteiger partial charge in [0, 0.05) is 5.02 Å². The molecule has 0 aromatic heterocycles.